The number of nitrogens with zero attached hydrogens (tertiary/aromatic N) is 1. The van der Waals surface area contributed by atoms with Crippen molar-refractivity contribution in [2.45, 2.75) is 37.8 Å². The topological polar surface area (TPSA) is 32.3 Å². The maximum atomic E-state index is 12.2. The summed E-state index contributed by atoms with van der Waals surface area (Å²) in [5.41, 5.74) is 0.729. The first-order valence-electron chi connectivity index (χ1n) is 7.03. The molecule has 0 spiro atoms. The number of benzene rings is 1. The maximum absolute atomic E-state index is 12.2. The molecule has 0 aromatic heterocycles. The van der Waals surface area contributed by atoms with E-state index in [0.717, 1.165) is 42.0 Å². The van der Waals surface area contributed by atoms with Crippen LogP contribution in [0, 0.1) is 0 Å². The van der Waals surface area contributed by atoms with Gasteiger partial charge in [-0.25, -0.2) is 0 Å². The first kappa shape index (κ1) is 13.1. The summed E-state index contributed by atoms with van der Waals surface area (Å²) in [6.45, 7) is 2.26. The first-order chi connectivity index (χ1) is 9.24. The zero-order chi connectivity index (χ0) is 13.2. The van der Waals surface area contributed by atoms with Crippen molar-refractivity contribution in [3.8, 4) is 0 Å². The summed E-state index contributed by atoms with van der Waals surface area (Å²) in [5, 5.41) is 3.16. The SMILES string of the molecule is O=C(NC1CCN(C2CC2)CC1)c1ccccc1Br. The molecule has 1 heterocycles. The van der Waals surface area contributed by atoms with E-state index in [1.165, 1.54) is 12.8 Å². The minimum absolute atomic E-state index is 0.0392. The van der Waals surface area contributed by atoms with Gasteiger partial charge in [0, 0.05) is 29.6 Å². The van der Waals surface area contributed by atoms with Crippen molar-refractivity contribution in [3.05, 3.63) is 34.3 Å². The molecule has 1 aromatic carbocycles. The molecule has 4 heteroatoms. The molecule has 2 fully saturated rings. The molecule has 1 amide bonds. The molecule has 0 radical (unpaired) electrons. The molecular weight excluding hydrogens is 304 g/mol. The van der Waals surface area contributed by atoms with Crippen LogP contribution in [0.4, 0.5) is 0 Å². The van der Waals surface area contributed by atoms with E-state index in [1.807, 2.05) is 24.3 Å². The van der Waals surface area contributed by atoms with E-state index in [0.29, 0.717) is 6.04 Å². The van der Waals surface area contributed by atoms with Crippen molar-refractivity contribution in [1.29, 1.82) is 0 Å². The third-order valence-corrected chi connectivity index (χ3v) is 4.74. The summed E-state index contributed by atoms with van der Waals surface area (Å²) in [5.74, 6) is 0.0392. The number of rotatable bonds is 3. The molecule has 3 nitrogen and oxygen atoms in total. The van der Waals surface area contributed by atoms with Crippen LogP contribution in [-0.4, -0.2) is 36.0 Å². The minimum atomic E-state index is 0.0392. The lowest BCUT2D eigenvalue weighted by atomic mass is 10.0. The van der Waals surface area contributed by atoms with Crippen LogP contribution in [0.15, 0.2) is 28.7 Å². The molecular formula is C15H19BrN2O. The molecule has 1 N–H and O–H groups in total. The Morgan fingerprint density at radius 3 is 2.47 bits per heavy atom. The third-order valence-electron chi connectivity index (χ3n) is 4.05. The molecule has 19 heavy (non-hydrogen) atoms. The van der Waals surface area contributed by atoms with E-state index in [1.54, 1.807) is 0 Å². The summed E-state index contributed by atoms with van der Waals surface area (Å²) >= 11 is 3.43. The summed E-state index contributed by atoms with van der Waals surface area (Å²) in [4.78, 5) is 14.8. The van der Waals surface area contributed by atoms with Gasteiger partial charge in [0.05, 0.1) is 5.56 Å². The Labute approximate surface area is 122 Å². The van der Waals surface area contributed by atoms with E-state index in [9.17, 15) is 4.79 Å². The van der Waals surface area contributed by atoms with Crippen molar-refractivity contribution in [2.24, 2.45) is 0 Å². The third kappa shape index (κ3) is 3.18. The van der Waals surface area contributed by atoms with E-state index < -0.39 is 0 Å². The molecule has 0 atom stereocenters. The van der Waals surface area contributed by atoms with Gasteiger partial charge in [0.1, 0.15) is 0 Å². The van der Waals surface area contributed by atoms with Crippen LogP contribution >= 0.6 is 15.9 Å². The fourth-order valence-corrected chi connectivity index (χ4v) is 3.22. The molecule has 1 aromatic rings. The van der Waals surface area contributed by atoms with E-state index in [2.05, 4.69) is 26.1 Å². The van der Waals surface area contributed by atoms with E-state index in [-0.39, 0.29) is 5.91 Å². The van der Waals surface area contributed by atoms with Crippen LogP contribution in [0.5, 0.6) is 0 Å². The first-order valence-corrected chi connectivity index (χ1v) is 7.83. The number of carbonyl (C=O) groups is 1. The van der Waals surface area contributed by atoms with Gasteiger partial charge in [0.2, 0.25) is 0 Å². The summed E-state index contributed by atoms with van der Waals surface area (Å²) in [6, 6.07) is 8.77. The van der Waals surface area contributed by atoms with Crippen molar-refractivity contribution < 1.29 is 4.79 Å². The minimum Gasteiger partial charge on any atom is -0.349 e. The number of likely N-dealkylation sites (tertiary alicyclic amines) is 1. The van der Waals surface area contributed by atoms with Gasteiger partial charge < -0.3 is 10.2 Å². The predicted molar refractivity (Wildman–Crippen MR) is 79.2 cm³/mol. The molecule has 1 aliphatic heterocycles. The standard InChI is InChI=1S/C15H19BrN2O/c16-14-4-2-1-3-13(14)15(19)17-11-7-9-18(10-8-11)12-5-6-12/h1-4,11-12H,5-10H2,(H,17,19). The number of hydrogen-bond donors (Lipinski definition) is 1. The smallest absolute Gasteiger partial charge is 0.252 e. The van der Waals surface area contributed by atoms with Crippen molar-refractivity contribution in [3.63, 3.8) is 0 Å². The molecule has 3 rings (SSSR count). The Hall–Kier alpha value is -0.870. The monoisotopic (exact) mass is 322 g/mol. The Morgan fingerprint density at radius 2 is 1.84 bits per heavy atom. The van der Waals surface area contributed by atoms with Crippen LogP contribution in [-0.2, 0) is 0 Å². The average molecular weight is 323 g/mol. The van der Waals surface area contributed by atoms with Crippen LogP contribution in [0.1, 0.15) is 36.0 Å². The molecule has 1 saturated heterocycles. The van der Waals surface area contributed by atoms with Crippen molar-refractivity contribution >= 4 is 21.8 Å². The largest absolute Gasteiger partial charge is 0.349 e. The number of hydrogen-bond acceptors (Lipinski definition) is 2. The Kier molecular flexibility index (Phi) is 3.89. The lowest BCUT2D eigenvalue weighted by Crippen LogP contribution is -2.45. The van der Waals surface area contributed by atoms with Crippen LogP contribution in [0.25, 0.3) is 0 Å². The molecule has 0 bridgehead atoms. The second kappa shape index (κ2) is 5.63. The van der Waals surface area contributed by atoms with Gasteiger partial charge in [-0.15, -0.1) is 0 Å². The quantitative estimate of drug-likeness (QED) is 0.928. The molecule has 102 valence electrons. The van der Waals surface area contributed by atoms with Gasteiger partial charge in [0.25, 0.3) is 5.91 Å². The number of halogens is 1. The van der Waals surface area contributed by atoms with Gasteiger partial charge in [0.15, 0.2) is 0 Å². The molecule has 1 aliphatic carbocycles. The van der Waals surface area contributed by atoms with Crippen LogP contribution in [0.3, 0.4) is 0 Å². The zero-order valence-corrected chi connectivity index (χ0v) is 12.5. The molecule has 0 unspecified atom stereocenters. The fourth-order valence-electron chi connectivity index (χ4n) is 2.76. The second-order valence-electron chi connectivity index (χ2n) is 5.49. The Morgan fingerprint density at radius 1 is 1.16 bits per heavy atom. The fraction of sp³-hybridized carbons (Fsp3) is 0.533. The van der Waals surface area contributed by atoms with E-state index >= 15 is 0 Å². The van der Waals surface area contributed by atoms with Crippen molar-refractivity contribution in [1.82, 2.24) is 10.2 Å². The highest BCUT2D eigenvalue weighted by molar-refractivity contribution is 9.10. The lowest BCUT2D eigenvalue weighted by molar-refractivity contribution is 0.0908. The van der Waals surface area contributed by atoms with Gasteiger partial charge in [-0.2, -0.15) is 0 Å². The lowest BCUT2D eigenvalue weighted by Gasteiger charge is -2.32. The maximum Gasteiger partial charge on any atom is 0.252 e. The summed E-state index contributed by atoms with van der Waals surface area (Å²) < 4.78 is 0.864. The van der Waals surface area contributed by atoms with Crippen LogP contribution in [0.2, 0.25) is 0 Å². The number of nitrogens with one attached hydrogen (secondary N) is 1. The average Bonchev–Trinajstić information content (AvgIpc) is 3.24. The number of amides is 1. The number of piperidine rings is 1. The molecule has 1 saturated carbocycles. The van der Waals surface area contributed by atoms with E-state index in [4.69, 9.17) is 0 Å². The van der Waals surface area contributed by atoms with Gasteiger partial charge in [-0.1, -0.05) is 12.1 Å². The Bertz CT molecular complexity index is 465. The highest BCUT2D eigenvalue weighted by Crippen LogP contribution is 2.29. The highest BCUT2D eigenvalue weighted by Gasteiger charge is 2.32. The molecule has 2 aliphatic rings. The summed E-state index contributed by atoms with van der Waals surface area (Å²) in [6.07, 6.45) is 4.89. The second-order valence-corrected chi connectivity index (χ2v) is 6.35. The zero-order valence-electron chi connectivity index (χ0n) is 10.9. The predicted octanol–water partition coefficient (Wildman–Crippen LogP) is 2.81. The number of carbonyl (C=O) groups excluding carboxylic acids is 1. The van der Waals surface area contributed by atoms with Gasteiger partial charge >= 0.3 is 0 Å². The van der Waals surface area contributed by atoms with Gasteiger partial charge in [-0.3, -0.25) is 4.79 Å². The summed E-state index contributed by atoms with van der Waals surface area (Å²) in [7, 11) is 0. The van der Waals surface area contributed by atoms with Crippen molar-refractivity contribution in [2.75, 3.05) is 13.1 Å². The Balaban J connectivity index is 1.54. The van der Waals surface area contributed by atoms with Gasteiger partial charge in [-0.05, 0) is 53.7 Å². The van der Waals surface area contributed by atoms with Crippen LogP contribution < -0.4 is 5.32 Å². The normalized spacial score (nSPS) is 21.3. The highest BCUT2D eigenvalue weighted by atomic mass is 79.9.